The number of aliphatic hydroxyl groups is 1. The SMILES string of the molecule is Cc1ccc(Br)c(C(O)c2ccccc2C)c1. The molecule has 1 N–H and O–H groups in total. The molecule has 0 spiro atoms. The molecule has 17 heavy (non-hydrogen) atoms. The number of hydrogen-bond donors (Lipinski definition) is 1. The summed E-state index contributed by atoms with van der Waals surface area (Å²) in [5.74, 6) is 0. The molecular weight excluding hydrogens is 276 g/mol. The third-order valence-corrected chi connectivity index (χ3v) is 3.65. The van der Waals surface area contributed by atoms with Crippen LogP contribution >= 0.6 is 15.9 Å². The molecule has 0 aliphatic rings. The Morgan fingerprint density at radius 2 is 1.71 bits per heavy atom. The summed E-state index contributed by atoms with van der Waals surface area (Å²) in [5, 5.41) is 10.4. The Bertz CT molecular complexity index is 534. The molecule has 0 saturated heterocycles. The van der Waals surface area contributed by atoms with Gasteiger partial charge < -0.3 is 5.11 Å². The molecule has 0 radical (unpaired) electrons. The van der Waals surface area contributed by atoms with Crippen LogP contribution in [-0.2, 0) is 0 Å². The van der Waals surface area contributed by atoms with Crippen molar-refractivity contribution in [1.29, 1.82) is 0 Å². The molecule has 1 nitrogen and oxygen atoms in total. The Kier molecular flexibility index (Phi) is 3.65. The fraction of sp³-hybridized carbons (Fsp3) is 0.200. The van der Waals surface area contributed by atoms with Gasteiger partial charge in [-0.15, -0.1) is 0 Å². The Morgan fingerprint density at radius 3 is 2.41 bits per heavy atom. The Labute approximate surface area is 110 Å². The molecular formula is C15H15BrO. The molecule has 2 aromatic rings. The van der Waals surface area contributed by atoms with Gasteiger partial charge in [-0.2, -0.15) is 0 Å². The van der Waals surface area contributed by atoms with E-state index in [4.69, 9.17) is 0 Å². The summed E-state index contributed by atoms with van der Waals surface area (Å²) < 4.78 is 0.943. The number of aliphatic hydroxyl groups excluding tert-OH is 1. The van der Waals surface area contributed by atoms with Gasteiger partial charge in [-0.25, -0.2) is 0 Å². The average molecular weight is 291 g/mol. The van der Waals surface area contributed by atoms with E-state index in [1.807, 2.05) is 56.3 Å². The second-order valence-corrected chi connectivity index (χ2v) is 5.14. The summed E-state index contributed by atoms with van der Waals surface area (Å²) in [5.41, 5.74) is 4.13. The number of hydrogen-bond acceptors (Lipinski definition) is 1. The summed E-state index contributed by atoms with van der Waals surface area (Å²) in [6, 6.07) is 13.9. The highest BCUT2D eigenvalue weighted by Crippen LogP contribution is 2.30. The van der Waals surface area contributed by atoms with Crippen LogP contribution in [0.3, 0.4) is 0 Å². The Balaban J connectivity index is 2.47. The highest BCUT2D eigenvalue weighted by molar-refractivity contribution is 9.10. The van der Waals surface area contributed by atoms with Gasteiger partial charge in [0.2, 0.25) is 0 Å². The van der Waals surface area contributed by atoms with Gasteiger partial charge in [0.1, 0.15) is 6.10 Å². The van der Waals surface area contributed by atoms with E-state index in [2.05, 4.69) is 15.9 Å². The third-order valence-electron chi connectivity index (χ3n) is 2.93. The van der Waals surface area contributed by atoms with Crippen LogP contribution in [0.15, 0.2) is 46.9 Å². The van der Waals surface area contributed by atoms with Crippen molar-refractivity contribution in [2.45, 2.75) is 20.0 Å². The van der Waals surface area contributed by atoms with E-state index in [0.29, 0.717) is 0 Å². The maximum absolute atomic E-state index is 10.4. The quantitative estimate of drug-likeness (QED) is 0.881. The molecule has 0 aromatic heterocycles. The lowest BCUT2D eigenvalue weighted by molar-refractivity contribution is 0.218. The van der Waals surface area contributed by atoms with E-state index >= 15 is 0 Å². The predicted octanol–water partition coefficient (Wildman–Crippen LogP) is 4.15. The molecule has 2 aromatic carbocycles. The van der Waals surface area contributed by atoms with Crippen LogP contribution < -0.4 is 0 Å². The van der Waals surface area contributed by atoms with E-state index in [1.165, 1.54) is 0 Å². The summed E-state index contributed by atoms with van der Waals surface area (Å²) in [4.78, 5) is 0. The zero-order chi connectivity index (χ0) is 12.4. The van der Waals surface area contributed by atoms with E-state index in [9.17, 15) is 5.11 Å². The van der Waals surface area contributed by atoms with E-state index in [-0.39, 0.29) is 0 Å². The lowest BCUT2D eigenvalue weighted by Crippen LogP contribution is -2.03. The molecule has 0 fully saturated rings. The molecule has 0 saturated carbocycles. The van der Waals surface area contributed by atoms with Crippen molar-refractivity contribution in [1.82, 2.24) is 0 Å². The first-order valence-corrected chi connectivity index (χ1v) is 6.38. The molecule has 2 heteroatoms. The molecule has 0 aliphatic carbocycles. The fourth-order valence-corrected chi connectivity index (χ4v) is 2.40. The van der Waals surface area contributed by atoms with Gasteiger partial charge in [0, 0.05) is 4.47 Å². The number of benzene rings is 2. The molecule has 1 unspecified atom stereocenters. The predicted molar refractivity (Wildman–Crippen MR) is 74.1 cm³/mol. The van der Waals surface area contributed by atoms with Gasteiger partial charge in [-0.3, -0.25) is 0 Å². The molecule has 0 amide bonds. The first-order chi connectivity index (χ1) is 8.09. The van der Waals surface area contributed by atoms with Crippen LogP contribution in [0, 0.1) is 13.8 Å². The van der Waals surface area contributed by atoms with Crippen molar-refractivity contribution in [2.75, 3.05) is 0 Å². The van der Waals surface area contributed by atoms with Crippen LogP contribution in [0.2, 0.25) is 0 Å². The highest BCUT2D eigenvalue weighted by Gasteiger charge is 2.15. The first-order valence-electron chi connectivity index (χ1n) is 5.59. The Morgan fingerprint density at radius 1 is 1.00 bits per heavy atom. The zero-order valence-electron chi connectivity index (χ0n) is 9.94. The number of aryl methyl sites for hydroxylation is 2. The first kappa shape index (κ1) is 12.3. The maximum Gasteiger partial charge on any atom is 0.105 e. The van der Waals surface area contributed by atoms with Crippen molar-refractivity contribution >= 4 is 15.9 Å². The van der Waals surface area contributed by atoms with Gasteiger partial charge in [0.15, 0.2) is 0 Å². The molecule has 2 rings (SSSR count). The molecule has 0 aliphatic heterocycles. The summed E-state index contributed by atoms with van der Waals surface area (Å²) in [6.07, 6.45) is -0.578. The fourth-order valence-electron chi connectivity index (χ4n) is 1.93. The smallest absolute Gasteiger partial charge is 0.105 e. The van der Waals surface area contributed by atoms with Crippen molar-refractivity contribution in [3.8, 4) is 0 Å². The van der Waals surface area contributed by atoms with Crippen LogP contribution in [0.1, 0.15) is 28.4 Å². The maximum atomic E-state index is 10.4. The minimum Gasteiger partial charge on any atom is -0.384 e. The molecule has 88 valence electrons. The largest absolute Gasteiger partial charge is 0.384 e. The van der Waals surface area contributed by atoms with Crippen LogP contribution in [0.25, 0.3) is 0 Å². The standard InChI is InChI=1S/C15H15BrO/c1-10-7-8-14(16)13(9-10)15(17)12-6-4-3-5-11(12)2/h3-9,15,17H,1-2H3. The van der Waals surface area contributed by atoms with Crippen LogP contribution in [0.5, 0.6) is 0 Å². The summed E-state index contributed by atoms with van der Waals surface area (Å²) >= 11 is 3.49. The zero-order valence-corrected chi connectivity index (χ0v) is 11.5. The van der Waals surface area contributed by atoms with Gasteiger partial charge in [-0.1, -0.05) is 57.9 Å². The minimum atomic E-state index is -0.578. The van der Waals surface area contributed by atoms with Crippen molar-refractivity contribution in [3.05, 3.63) is 69.2 Å². The van der Waals surface area contributed by atoms with Crippen LogP contribution in [-0.4, -0.2) is 5.11 Å². The van der Waals surface area contributed by atoms with E-state index in [0.717, 1.165) is 26.7 Å². The summed E-state index contributed by atoms with van der Waals surface area (Å²) in [7, 11) is 0. The van der Waals surface area contributed by atoms with Crippen molar-refractivity contribution < 1.29 is 5.11 Å². The number of halogens is 1. The van der Waals surface area contributed by atoms with Gasteiger partial charge in [-0.05, 0) is 36.6 Å². The van der Waals surface area contributed by atoms with Crippen molar-refractivity contribution in [2.24, 2.45) is 0 Å². The second-order valence-electron chi connectivity index (χ2n) is 4.28. The van der Waals surface area contributed by atoms with E-state index < -0.39 is 6.10 Å². The number of rotatable bonds is 2. The lowest BCUT2D eigenvalue weighted by Gasteiger charge is -2.16. The topological polar surface area (TPSA) is 20.2 Å². The average Bonchev–Trinajstić information content (AvgIpc) is 2.32. The van der Waals surface area contributed by atoms with Gasteiger partial charge in [0.25, 0.3) is 0 Å². The van der Waals surface area contributed by atoms with Gasteiger partial charge in [0.05, 0.1) is 0 Å². The molecule has 1 atom stereocenters. The third kappa shape index (κ3) is 2.59. The summed E-state index contributed by atoms with van der Waals surface area (Å²) in [6.45, 7) is 4.04. The minimum absolute atomic E-state index is 0.578. The van der Waals surface area contributed by atoms with Gasteiger partial charge >= 0.3 is 0 Å². The monoisotopic (exact) mass is 290 g/mol. The second kappa shape index (κ2) is 5.03. The highest BCUT2D eigenvalue weighted by atomic mass is 79.9. The Hall–Kier alpha value is -1.12. The molecule has 0 bridgehead atoms. The lowest BCUT2D eigenvalue weighted by atomic mass is 9.97. The van der Waals surface area contributed by atoms with Crippen LogP contribution in [0.4, 0.5) is 0 Å². The normalized spacial score (nSPS) is 12.5. The van der Waals surface area contributed by atoms with E-state index in [1.54, 1.807) is 0 Å². The van der Waals surface area contributed by atoms with Crippen molar-refractivity contribution in [3.63, 3.8) is 0 Å². The molecule has 0 heterocycles.